The van der Waals surface area contributed by atoms with Crippen LogP contribution >= 0.6 is 34.5 Å². The number of hydrogen-bond acceptors (Lipinski definition) is 3. The molecular formula is C19H22Cl2N2OS. The summed E-state index contributed by atoms with van der Waals surface area (Å²) in [4.78, 5) is 16.2. The van der Waals surface area contributed by atoms with E-state index in [1.54, 1.807) is 17.4 Å². The first kappa shape index (κ1) is 18.7. The molecule has 3 nitrogen and oxygen atoms in total. The number of nitrogens with zero attached hydrogens (tertiary/aromatic N) is 1. The van der Waals surface area contributed by atoms with Gasteiger partial charge in [-0.2, -0.15) is 0 Å². The van der Waals surface area contributed by atoms with E-state index in [1.165, 1.54) is 10.4 Å². The van der Waals surface area contributed by atoms with E-state index in [1.807, 2.05) is 17.0 Å². The van der Waals surface area contributed by atoms with Crippen molar-refractivity contribution in [2.45, 2.75) is 38.8 Å². The molecule has 1 aliphatic heterocycles. The Morgan fingerprint density at radius 2 is 2.16 bits per heavy atom. The molecule has 0 aliphatic carbocycles. The Morgan fingerprint density at radius 3 is 2.88 bits per heavy atom. The molecular weight excluding hydrogens is 375 g/mol. The van der Waals surface area contributed by atoms with Crippen molar-refractivity contribution >= 4 is 40.4 Å². The fourth-order valence-corrected chi connectivity index (χ4v) is 4.57. The summed E-state index contributed by atoms with van der Waals surface area (Å²) in [5.74, 6) is 0.105. The third kappa shape index (κ3) is 4.03. The molecule has 134 valence electrons. The molecule has 0 radical (unpaired) electrons. The third-order valence-corrected chi connectivity index (χ3v) is 6.32. The first-order valence-electron chi connectivity index (χ1n) is 8.55. The van der Waals surface area contributed by atoms with Gasteiger partial charge in [-0.25, -0.2) is 0 Å². The number of thiophene rings is 1. The lowest BCUT2D eigenvalue weighted by atomic mass is 9.93. The van der Waals surface area contributed by atoms with E-state index in [4.69, 9.17) is 23.2 Å². The topological polar surface area (TPSA) is 32.3 Å². The van der Waals surface area contributed by atoms with Crippen LogP contribution in [0.4, 0.5) is 0 Å². The van der Waals surface area contributed by atoms with Gasteiger partial charge >= 0.3 is 0 Å². The van der Waals surface area contributed by atoms with Crippen LogP contribution < -0.4 is 5.32 Å². The van der Waals surface area contributed by atoms with Crippen LogP contribution in [-0.2, 0) is 11.2 Å². The van der Waals surface area contributed by atoms with E-state index in [0.717, 1.165) is 18.4 Å². The quantitative estimate of drug-likeness (QED) is 0.777. The maximum atomic E-state index is 12.9. The van der Waals surface area contributed by atoms with E-state index < -0.39 is 0 Å². The Bertz CT molecular complexity index is 762. The van der Waals surface area contributed by atoms with Gasteiger partial charge in [0.15, 0.2) is 0 Å². The average molecular weight is 397 g/mol. The standard InChI is InChI=1S/C19H22Cl2N2OS/c1-3-12(2)22-11-18(24)23-8-6-17-15(7-9-25-17)19(23)14-5-4-13(20)10-16(14)21/h4-5,7,9-10,12,19,22H,3,6,8,11H2,1-2H3/t12-,19-/m1/s1. The van der Waals surface area contributed by atoms with E-state index in [-0.39, 0.29) is 11.9 Å². The van der Waals surface area contributed by atoms with Gasteiger partial charge in [-0.15, -0.1) is 11.3 Å². The highest BCUT2D eigenvalue weighted by molar-refractivity contribution is 7.10. The minimum absolute atomic E-state index is 0.105. The molecule has 1 amide bonds. The van der Waals surface area contributed by atoms with Crippen LogP contribution in [0.5, 0.6) is 0 Å². The SMILES string of the molecule is CC[C@@H](C)NCC(=O)N1CCc2sccc2[C@H]1c1ccc(Cl)cc1Cl. The lowest BCUT2D eigenvalue weighted by molar-refractivity contribution is -0.132. The lowest BCUT2D eigenvalue weighted by Gasteiger charge is -2.37. The normalized spacial score (nSPS) is 18.1. The number of amides is 1. The highest BCUT2D eigenvalue weighted by Crippen LogP contribution is 2.40. The fraction of sp³-hybridized carbons (Fsp3) is 0.421. The van der Waals surface area contributed by atoms with Gasteiger partial charge in [-0.3, -0.25) is 4.79 Å². The molecule has 6 heteroatoms. The summed E-state index contributed by atoms with van der Waals surface area (Å²) >= 11 is 14.3. The second kappa shape index (κ2) is 8.09. The van der Waals surface area contributed by atoms with Gasteiger partial charge in [0.25, 0.3) is 0 Å². The molecule has 0 spiro atoms. The zero-order chi connectivity index (χ0) is 18.0. The fourth-order valence-electron chi connectivity index (χ4n) is 3.15. The van der Waals surface area contributed by atoms with Crippen LogP contribution in [-0.4, -0.2) is 29.9 Å². The van der Waals surface area contributed by atoms with Crippen molar-refractivity contribution in [2.24, 2.45) is 0 Å². The van der Waals surface area contributed by atoms with Crippen LogP contribution in [0.15, 0.2) is 29.6 Å². The molecule has 2 heterocycles. The van der Waals surface area contributed by atoms with Gasteiger partial charge < -0.3 is 10.2 Å². The average Bonchev–Trinajstić information content (AvgIpc) is 3.07. The van der Waals surface area contributed by atoms with Crippen molar-refractivity contribution in [1.82, 2.24) is 10.2 Å². The smallest absolute Gasteiger partial charge is 0.237 e. The number of carbonyl (C=O) groups is 1. The zero-order valence-corrected chi connectivity index (χ0v) is 16.7. The highest BCUT2D eigenvalue weighted by atomic mass is 35.5. The molecule has 2 atom stereocenters. The molecule has 0 fully saturated rings. The lowest BCUT2D eigenvalue weighted by Crippen LogP contribution is -2.45. The summed E-state index contributed by atoms with van der Waals surface area (Å²) in [6.07, 6.45) is 1.89. The first-order valence-corrected chi connectivity index (χ1v) is 10.2. The second-order valence-corrected chi connectivity index (χ2v) is 8.24. The minimum atomic E-state index is -0.147. The number of carbonyl (C=O) groups excluding carboxylic acids is 1. The van der Waals surface area contributed by atoms with Crippen molar-refractivity contribution < 1.29 is 4.79 Å². The van der Waals surface area contributed by atoms with Gasteiger partial charge in [0.05, 0.1) is 12.6 Å². The van der Waals surface area contributed by atoms with Crippen LogP contribution in [0.25, 0.3) is 0 Å². The largest absolute Gasteiger partial charge is 0.330 e. The Kier molecular flexibility index (Phi) is 6.05. The first-order chi connectivity index (χ1) is 12.0. The molecule has 2 aromatic rings. The predicted molar refractivity (Wildman–Crippen MR) is 106 cm³/mol. The maximum absolute atomic E-state index is 12.9. The summed E-state index contributed by atoms with van der Waals surface area (Å²) in [6.45, 7) is 5.25. The van der Waals surface area contributed by atoms with Gasteiger partial charge in [0, 0.05) is 27.5 Å². The summed E-state index contributed by atoms with van der Waals surface area (Å²) in [6, 6.07) is 7.80. The monoisotopic (exact) mass is 396 g/mol. The summed E-state index contributed by atoms with van der Waals surface area (Å²) in [7, 11) is 0. The van der Waals surface area contributed by atoms with Crippen molar-refractivity contribution in [1.29, 1.82) is 0 Å². The number of nitrogens with one attached hydrogen (secondary N) is 1. The Morgan fingerprint density at radius 1 is 1.36 bits per heavy atom. The van der Waals surface area contributed by atoms with Crippen molar-refractivity contribution in [2.75, 3.05) is 13.1 Å². The minimum Gasteiger partial charge on any atom is -0.330 e. The molecule has 1 aromatic heterocycles. The van der Waals surface area contributed by atoms with E-state index in [2.05, 4.69) is 30.6 Å². The molecule has 1 aromatic carbocycles. The van der Waals surface area contributed by atoms with Crippen LogP contribution in [0.3, 0.4) is 0 Å². The molecule has 0 unspecified atom stereocenters. The Labute approximate surface area is 162 Å². The molecule has 25 heavy (non-hydrogen) atoms. The Balaban J connectivity index is 1.93. The number of fused-ring (bicyclic) bond motifs is 1. The molecule has 1 N–H and O–H groups in total. The maximum Gasteiger partial charge on any atom is 0.237 e. The third-order valence-electron chi connectivity index (χ3n) is 4.76. The molecule has 3 rings (SSSR count). The highest BCUT2D eigenvalue weighted by Gasteiger charge is 2.33. The summed E-state index contributed by atoms with van der Waals surface area (Å²) < 4.78 is 0. The number of rotatable bonds is 5. The van der Waals surface area contributed by atoms with Crippen molar-refractivity contribution in [3.63, 3.8) is 0 Å². The number of halogens is 2. The second-order valence-electron chi connectivity index (χ2n) is 6.39. The molecule has 0 saturated carbocycles. The van der Waals surface area contributed by atoms with Gasteiger partial charge in [0.2, 0.25) is 5.91 Å². The molecule has 1 aliphatic rings. The van der Waals surface area contributed by atoms with Gasteiger partial charge in [-0.05, 0) is 54.5 Å². The zero-order valence-electron chi connectivity index (χ0n) is 14.4. The number of benzene rings is 1. The van der Waals surface area contributed by atoms with E-state index in [9.17, 15) is 4.79 Å². The van der Waals surface area contributed by atoms with Crippen molar-refractivity contribution in [3.8, 4) is 0 Å². The predicted octanol–water partition coefficient (Wildman–Crippen LogP) is 4.92. The molecule has 0 saturated heterocycles. The van der Waals surface area contributed by atoms with Gasteiger partial charge in [-0.1, -0.05) is 36.2 Å². The summed E-state index contributed by atoms with van der Waals surface area (Å²) in [5.41, 5.74) is 2.11. The van der Waals surface area contributed by atoms with Gasteiger partial charge in [0.1, 0.15) is 0 Å². The Hall–Kier alpha value is -1.07. The summed E-state index contributed by atoms with van der Waals surface area (Å²) in [5, 5.41) is 6.59. The van der Waals surface area contributed by atoms with Crippen molar-refractivity contribution in [3.05, 3.63) is 55.7 Å². The van der Waals surface area contributed by atoms with E-state index >= 15 is 0 Å². The van der Waals surface area contributed by atoms with Crippen LogP contribution in [0.2, 0.25) is 10.0 Å². The van der Waals surface area contributed by atoms with Crippen LogP contribution in [0, 0.1) is 0 Å². The number of hydrogen-bond donors (Lipinski definition) is 1. The van der Waals surface area contributed by atoms with E-state index in [0.29, 0.717) is 29.2 Å². The molecule has 0 bridgehead atoms. The van der Waals surface area contributed by atoms with Crippen LogP contribution in [0.1, 0.15) is 42.3 Å².